The first-order chi connectivity index (χ1) is 9.47. The van der Waals surface area contributed by atoms with Gasteiger partial charge in [0, 0.05) is 22.7 Å². The van der Waals surface area contributed by atoms with Gasteiger partial charge < -0.3 is 19.9 Å². The molecular formula is C14H20ClNO4. The first-order valence-corrected chi connectivity index (χ1v) is 6.75. The molecule has 6 heteroatoms. The van der Waals surface area contributed by atoms with Crippen molar-refractivity contribution in [1.29, 1.82) is 0 Å². The number of amides is 1. The molecule has 2 N–H and O–H groups in total. The molecule has 0 radical (unpaired) electrons. The highest BCUT2D eigenvalue weighted by Crippen LogP contribution is 2.34. The number of halogens is 1. The van der Waals surface area contributed by atoms with Crippen LogP contribution in [0.2, 0.25) is 5.02 Å². The van der Waals surface area contributed by atoms with Crippen LogP contribution in [0.25, 0.3) is 0 Å². The Morgan fingerprint density at radius 2 is 2.15 bits per heavy atom. The zero-order chi connectivity index (χ0) is 15.1. The molecule has 0 bridgehead atoms. The highest BCUT2D eigenvalue weighted by atomic mass is 35.5. The second kappa shape index (κ2) is 7.97. The molecule has 0 saturated carbocycles. The third-order valence-corrected chi connectivity index (χ3v) is 2.73. The van der Waals surface area contributed by atoms with Gasteiger partial charge in [-0.3, -0.25) is 4.79 Å². The number of nitrogens with one attached hydrogen (secondary N) is 1. The van der Waals surface area contributed by atoms with Crippen LogP contribution in [-0.4, -0.2) is 30.8 Å². The van der Waals surface area contributed by atoms with Crippen molar-refractivity contribution in [2.45, 2.75) is 32.9 Å². The van der Waals surface area contributed by atoms with E-state index in [0.717, 1.165) is 0 Å². The molecule has 0 aliphatic rings. The Bertz CT molecular complexity index is 437. The van der Waals surface area contributed by atoms with Crippen LogP contribution in [0.1, 0.15) is 25.8 Å². The van der Waals surface area contributed by atoms with Gasteiger partial charge in [0.1, 0.15) is 0 Å². The van der Waals surface area contributed by atoms with Crippen LogP contribution in [0, 0.1) is 0 Å². The van der Waals surface area contributed by atoms with E-state index in [0.29, 0.717) is 22.1 Å². The van der Waals surface area contributed by atoms with Crippen molar-refractivity contribution in [3.8, 4) is 11.5 Å². The SMILES string of the molecule is COc1cc(Cl)cc(CO)c1OCCC(=O)NC(C)C. The fraction of sp³-hybridized carbons (Fsp3) is 0.500. The smallest absolute Gasteiger partial charge is 0.223 e. The summed E-state index contributed by atoms with van der Waals surface area (Å²) in [6.07, 6.45) is 0.231. The van der Waals surface area contributed by atoms with Crippen LogP contribution < -0.4 is 14.8 Å². The molecule has 0 aliphatic carbocycles. The minimum Gasteiger partial charge on any atom is -0.493 e. The Balaban J connectivity index is 2.69. The van der Waals surface area contributed by atoms with Crippen LogP contribution in [-0.2, 0) is 11.4 Å². The number of aliphatic hydroxyl groups excluding tert-OH is 1. The fourth-order valence-corrected chi connectivity index (χ4v) is 1.93. The van der Waals surface area contributed by atoms with Gasteiger partial charge in [-0.05, 0) is 19.9 Å². The molecule has 1 rings (SSSR count). The topological polar surface area (TPSA) is 67.8 Å². The van der Waals surface area contributed by atoms with E-state index in [2.05, 4.69) is 5.32 Å². The van der Waals surface area contributed by atoms with Gasteiger partial charge in [-0.25, -0.2) is 0 Å². The van der Waals surface area contributed by atoms with Gasteiger partial charge >= 0.3 is 0 Å². The molecule has 0 spiro atoms. The highest BCUT2D eigenvalue weighted by Gasteiger charge is 2.13. The monoisotopic (exact) mass is 301 g/mol. The molecule has 0 heterocycles. The third kappa shape index (κ3) is 4.90. The minimum atomic E-state index is -0.218. The van der Waals surface area contributed by atoms with Crippen molar-refractivity contribution >= 4 is 17.5 Å². The van der Waals surface area contributed by atoms with E-state index in [-0.39, 0.29) is 31.6 Å². The Morgan fingerprint density at radius 3 is 2.70 bits per heavy atom. The molecule has 0 atom stereocenters. The number of hydrogen-bond donors (Lipinski definition) is 2. The molecule has 0 unspecified atom stereocenters. The fourth-order valence-electron chi connectivity index (χ4n) is 1.70. The molecule has 0 aromatic heterocycles. The maximum atomic E-state index is 11.5. The van der Waals surface area contributed by atoms with E-state index >= 15 is 0 Å². The number of carbonyl (C=O) groups is 1. The zero-order valence-corrected chi connectivity index (χ0v) is 12.7. The second-order valence-corrected chi connectivity index (χ2v) is 5.01. The summed E-state index contributed by atoms with van der Waals surface area (Å²) < 4.78 is 10.7. The maximum absolute atomic E-state index is 11.5. The van der Waals surface area contributed by atoms with Gasteiger partial charge in [-0.2, -0.15) is 0 Å². The van der Waals surface area contributed by atoms with Crippen LogP contribution >= 0.6 is 11.6 Å². The van der Waals surface area contributed by atoms with E-state index < -0.39 is 0 Å². The molecule has 0 aliphatic heterocycles. The van der Waals surface area contributed by atoms with E-state index in [9.17, 15) is 9.90 Å². The lowest BCUT2D eigenvalue weighted by Gasteiger charge is -2.15. The van der Waals surface area contributed by atoms with E-state index in [4.69, 9.17) is 21.1 Å². The Morgan fingerprint density at radius 1 is 1.45 bits per heavy atom. The minimum absolute atomic E-state index is 0.0847. The van der Waals surface area contributed by atoms with E-state index in [1.54, 1.807) is 12.1 Å². The molecule has 0 fully saturated rings. The van der Waals surface area contributed by atoms with Crippen molar-refractivity contribution in [3.05, 3.63) is 22.7 Å². The van der Waals surface area contributed by atoms with Crippen molar-refractivity contribution in [3.63, 3.8) is 0 Å². The standard InChI is InChI=1S/C14H20ClNO4/c1-9(2)16-13(18)4-5-20-14-10(8-17)6-11(15)7-12(14)19-3/h6-7,9,17H,4-5,8H2,1-3H3,(H,16,18). The van der Waals surface area contributed by atoms with Crippen molar-refractivity contribution in [2.75, 3.05) is 13.7 Å². The van der Waals surface area contributed by atoms with Gasteiger partial charge in [0.15, 0.2) is 11.5 Å². The summed E-state index contributed by atoms with van der Waals surface area (Å²) >= 11 is 5.91. The lowest BCUT2D eigenvalue weighted by molar-refractivity contribution is -0.122. The van der Waals surface area contributed by atoms with Crippen molar-refractivity contribution in [2.24, 2.45) is 0 Å². The second-order valence-electron chi connectivity index (χ2n) is 4.58. The van der Waals surface area contributed by atoms with E-state index in [1.165, 1.54) is 7.11 Å². The average molecular weight is 302 g/mol. The van der Waals surface area contributed by atoms with Crippen molar-refractivity contribution in [1.82, 2.24) is 5.32 Å². The van der Waals surface area contributed by atoms with Gasteiger partial charge in [0.05, 0.1) is 26.7 Å². The summed E-state index contributed by atoms with van der Waals surface area (Å²) in [4.78, 5) is 11.5. The highest BCUT2D eigenvalue weighted by molar-refractivity contribution is 6.30. The lowest BCUT2D eigenvalue weighted by Crippen LogP contribution is -2.31. The van der Waals surface area contributed by atoms with Gasteiger partial charge in [0.25, 0.3) is 0 Å². The Kier molecular flexibility index (Phi) is 6.61. The third-order valence-electron chi connectivity index (χ3n) is 2.51. The van der Waals surface area contributed by atoms with Crippen LogP contribution in [0.3, 0.4) is 0 Å². The summed E-state index contributed by atoms with van der Waals surface area (Å²) in [5.41, 5.74) is 0.526. The molecular weight excluding hydrogens is 282 g/mol. The number of carbonyl (C=O) groups excluding carboxylic acids is 1. The summed E-state index contributed by atoms with van der Waals surface area (Å²) in [6.45, 7) is 3.77. The molecule has 1 aromatic carbocycles. The Hall–Kier alpha value is -1.46. The predicted molar refractivity (Wildman–Crippen MR) is 77.3 cm³/mol. The van der Waals surface area contributed by atoms with Gasteiger partial charge in [-0.1, -0.05) is 11.6 Å². The zero-order valence-electron chi connectivity index (χ0n) is 11.9. The molecule has 1 aromatic rings. The first kappa shape index (κ1) is 16.6. The molecule has 20 heavy (non-hydrogen) atoms. The number of hydrogen-bond acceptors (Lipinski definition) is 4. The first-order valence-electron chi connectivity index (χ1n) is 6.37. The molecule has 1 amide bonds. The Labute approximate surface area is 123 Å². The summed E-state index contributed by atoms with van der Waals surface area (Å²) in [5.74, 6) is 0.765. The van der Waals surface area contributed by atoms with Crippen LogP contribution in [0.15, 0.2) is 12.1 Å². The number of ether oxygens (including phenoxy) is 2. The van der Waals surface area contributed by atoms with Gasteiger partial charge in [-0.15, -0.1) is 0 Å². The predicted octanol–water partition coefficient (Wildman–Crippen LogP) is 2.13. The maximum Gasteiger partial charge on any atom is 0.223 e. The lowest BCUT2D eigenvalue weighted by atomic mass is 10.2. The van der Waals surface area contributed by atoms with E-state index in [1.807, 2.05) is 13.8 Å². The molecule has 5 nitrogen and oxygen atoms in total. The molecule has 0 saturated heterocycles. The summed E-state index contributed by atoms with van der Waals surface area (Å²) in [7, 11) is 1.49. The number of rotatable bonds is 7. The van der Waals surface area contributed by atoms with Crippen LogP contribution in [0.4, 0.5) is 0 Å². The average Bonchev–Trinajstić information content (AvgIpc) is 2.38. The number of aliphatic hydroxyl groups is 1. The van der Waals surface area contributed by atoms with Crippen molar-refractivity contribution < 1.29 is 19.4 Å². The van der Waals surface area contributed by atoms with Gasteiger partial charge in [0.2, 0.25) is 5.91 Å². The largest absolute Gasteiger partial charge is 0.493 e. The normalized spacial score (nSPS) is 10.5. The quantitative estimate of drug-likeness (QED) is 0.809. The number of methoxy groups -OCH3 is 1. The number of benzene rings is 1. The molecule has 112 valence electrons. The summed E-state index contributed by atoms with van der Waals surface area (Å²) in [5, 5.41) is 12.5. The summed E-state index contributed by atoms with van der Waals surface area (Å²) in [6, 6.07) is 3.30. The van der Waals surface area contributed by atoms with Crippen LogP contribution in [0.5, 0.6) is 11.5 Å².